The number of anilines is 1. The molecule has 4 nitrogen and oxygen atoms in total. The molecule has 0 saturated carbocycles. The predicted molar refractivity (Wildman–Crippen MR) is 69.9 cm³/mol. The average Bonchev–Trinajstić information content (AvgIpc) is 2.42. The quantitative estimate of drug-likeness (QED) is 0.917. The Hall–Kier alpha value is -2.48. The maximum Gasteiger partial charge on any atom is 0.167 e. The van der Waals surface area contributed by atoms with Crippen molar-refractivity contribution in [2.75, 3.05) is 5.32 Å². The summed E-state index contributed by atoms with van der Waals surface area (Å²) in [6.07, 6.45) is 0. The van der Waals surface area contributed by atoms with Gasteiger partial charge >= 0.3 is 0 Å². The summed E-state index contributed by atoms with van der Waals surface area (Å²) in [5, 5.41) is 20.2. The topological polar surface area (TPSA) is 61.6 Å². The summed E-state index contributed by atoms with van der Waals surface area (Å²) in [6, 6.07) is 8.29. The molecule has 1 heterocycles. The Kier molecular flexibility index (Phi) is 3.71. The van der Waals surface area contributed by atoms with E-state index >= 15 is 0 Å². The monoisotopic (exact) mass is 256 g/mol. The minimum Gasteiger partial charge on any atom is -0.363 e. The van der Waals surface area contributed by atoms with Gasteiger partial charge in [-0.3, -0.25) is 0 Å². The molecule has 0 saturated heterocycles. The van der Waals surface area contributed by atoms with Crippen molar-refractivity contribution in [3.63, 3.8) is 0 Å². The van der Waals surface area contributed by atoms with Gasteiger partial charge < -0.3 is 5.32 Å². The molecule has 0 aliphatic rings. The molecule has 19 heavy (non-hydrogen) atoms. The van der Waals surface area contributed by atoms with Crippen molar-refractivity contribution in [2.24, 2.45) is 0 Å². The van der Waals surface area contributed by atoms with Crippen molar-refractivity contribution in [1.29, 1.82) is 5.26 Å². The first-order valence-corrected chi connectivity index (χ1v) is 5.84. The van der Waals surface area contributed by atoms with Gasteiger partial charge in [0.1, 0.15) is 17.4 Å². The van der Waals surface area contributed by atoms with Crippen LogP contribution in [-0.2, 0) is 6.54 Å². The second-order valence-corrected chi connectivity index (χ2v) is 4.23. The van der Waals surface area contributed by atoms with Crippen LogP contribution in [0.15, 0.2) is 24.3 Å². The fraction of sp³-hybridized carbons (Fsp3) is 0.214. The number of aromatic nitrogens is 2. The Morgan fingerprint density at radius 1 is 1.21 bits per heavy atom. The van der Waals surface area contributed by atoms with E-state index < -0.39 is 0 Å². The number of nitrogens with one attached hydrogen (secondary N) is 1. The van der Waals surface area contributed by atoms with Crippen LogP contribution in [0.4, 0.5) is 10.2 Å². The van der Waals surface area contributed by atoms with Crippen LogP contribution >= 0.6 is 0 Å². The molecule has 0 atom stereocenters. The van der Waals surface area contributed by atoms with Crippen LogP contribution < -0.4 is 5.32 Å². The van der Waals surface area contributed by atoms with Gasteiger partial charge in [-0.15, -0.1) is 5.10 Å². The van der Waals surface area contributed by atoms with Gasteiger partial charge in [0.2, 0.25) is 0 Å². The van der Waals surface area contributed by atoms with Crippen molar-refractivity contribution in [3.8, 4) is 6.07 Å². The van der Waals surface area contributed by atoms with Gasteiger partial charge in [-0.05, 0) is 37.1 Å². The Morgan fingerprint density at radius 2 is 1.89 bits per heavy atom. The lowest BCUT2D eigenvalue weighted by atomic mass is 10.1. The highest BCUT2D eigenvalue weighted by molar-refractivity contribution is 5.55. The molecule has 0 spiro atoms. The van der Waals surface area contributed by atoms with Gasteiger partial charge in [-0.25, -0.2) is 4.39 Å². The fourth-order valence-electron chi connectivity index (χ4n) is 1.66. The SMILES string of the molecule is Cc1nnc(NCc2ccc(F)cc2)c(C#N)c1C. The zero-order chi connectivity index (χ0) is 13.8. The van der Waals surface area contributed by atoms with E-state index in [2.05, 4.69) is 21.6 Å². The second kappa shape index (κ2) is 5.44. The maximum absolute atomic E-state index is 12.8. The van der Waals surface area contributed by atoms with E-state index in [4.69, 9.17) is 5.26 Å². The van der Waals surface area contributed by atoms with Gasteiger partial charge in [0, 0.05) is 6.54 Å². The zero-order valence-electron chi connectivity index (χ0n) is 10.7. The fourth-order valence-corrected chi connectivity index (χ4v) is 1.66. The lowest BCUT2D eigenvalue weighted by Gasteiger charge is -2.09. The van der Waals surface area contributed by atoms with Crippen molar-refractivity contribution < 1.29 is 4.39 Å². The van der Waals surface area contributed by atoms with E-state index in [9.17, 15) is 4.39 Å². The number of benzene rings is 1. The van der Waals surface area contributed by atoms with Crippen molar-refractivity contribution in [3.05, 3.63) is 52.5 Å². The highest BCUT2D eigenvalue weighted by atomic mass is 19.1. The molecule has 0 amide bonds. The maximum atomic E-state index is 12.8. The standard InChI is InChI=1S/C14H13FN4/c1-9-10(2)18-19-14(13(9)7-16)17-8-11-3-5-12(15)6-4-11/h3-6H,8H2,1-2H3,(H,17,19). The Labute approximate surface area is 110 Å². The van der Waals surface area contributed by atoms with E-state index in [0.717, 1.165) is 16.8 Å². The van der Waals surface area contributed by atoms with Crippen LogP contribution in [0.1, 0.15) is 22.4 Å². The second-order valence-electron chi connectivity index (χ2n) is 4.23. The summed E-state index contributed by atoms with van der Waals surface area (Å²) in [7, 11) is 0. The molecule has 0 aliphatic carbocycles. The molecule has 1 aromatic heterocycles. The number of halogens is 1. The molecule has 96 valence electrons. The minimum atomic E-state index is -0.271. The lowest BCUT2D eigenvalue weighted by Crippen LogP contribution is -2.07. The first-order valence-electron chi connectivity index (χ1n) is 5.84. The highest BCUT2D eigenvalue weighted by Gasteiger charge is 2.10. The summed E-state index contributed by atoms with van der Waals surface area (Å²) in [5.41, 5.74) is 2.96. The summed E-state index contributed by atoms with van der Waals surface area (Å²) in [6.45, 7) is 4.12. The smallest absolute Gasteiger partial charge is 0.167 e. The van der Waals surface area contributed by atoms with Crippen LogP contribution in [0.25, 0.3) is 0 Å². The van der Waals surface area contributed by atoms with Crippen LogP contribution in [-0.4, -0.2) is 10.2 Å². The third-order valence-electron chi connectivity index (χ3n) is 2.94. The normalized spacial score (nSPS) is 10.0. The third kappa shape index (κ3) is 2.86. The van der Waals surface area contributed by atoms with Crippen molar-refractivity contribution in [2.45, 2.75) is 20.4 Å². The molecule has 0 bridgehead atoms. The van der Waals surface area contributed by atoms with Gasteiger partial charge in [0.25, 0.3) is 0 Å². The van der Waals surface area contributed by atoms with Crippen LogP contribution in [0.2, 0.25) is 0 Å². The molecule has 2 rings (SSSR count). The molecule has 0 aliphatic heterocycles. The summed E-state index contributed by atoms with van der Waals surface area (Å²) >= 11 is 0. The van der Waals surface area contributed by atoms with E-state index in [1.165, 1.54) is 12.1 Å². The number of aryl methyl sites for hydroxylation is 1. The van der Waals surface area contributed by atoms with Crippen LogP contribution in [0, 0.1) is 31.0 Å². The molecular formula is C14H13FN4. The van der Waals surface area contributed by atoms with Crippen molar-refractivity contribution >= 4 is 5.82 Å². The molecule has 1 aromatic carbocycles. The summed E-state index contributed by atoms with van der Waals surface area (Å²) in [5.74, 6) is 0.183. The van der Waals surface area contributed by atoms with E-state index in [-0.39, 0.29) is 5.82 Å². The Balaban J connectivity index is 2.18. The lowest BCUT2D eigenvalue weighted by molar-refractivity contribution is 0.627. The first-order chi connectivity index (χ1) is 9.11. The Bertz CT molecular complexity index is 629. The van der Waals surface area contributed by atoms with E-state index in [1.54, 1.807) is 12.1 Å². The van der Waals surface area contributed by atoms with Gasteiger partial charge in [0.15, 0.2) is 5.82 Å². The molecule has 0 unspecified atom stereocenters. The molecular weight excluding hydrogens is 243 g/mol. The number of rotatable bonds is 3. The van der Waals surface area contributed by atoms with Crippen LogP contribution in [0.3, 0.4) is 0 Å². The average molecular weight is 256 g/mol. The van der Waals surface area contributed by atoms with Gasteiger partial charge in [-0.1, -0.05) is 12.1 Å². The van der Waals surface area contributed by atoms with E-state index in [1.807, 2.05) is 13.8 Å². The highest BCUT2D eigenvalue weighted by Crippen LogP contribution is 2.17. The molecule has 1 N–H and O–H groups in total. The first kappa shape index (κ1) is 13.0. The molecule has 2 aromatic rings. The van der Waals surface area contributed by atoms with Gasteiger partial charge in [0.05, 0.1) is 5.69 Å². The molecule has 0 radical (unpaired) electrons. The third-order valence-corrected chi connectivity index (χ3v) is 2.94. The zero-order valence-corrected chi connectivity index (χ0v) is 10.7. The number of hydrogen-bond donors (Lipinski definition) is 1. The minimum absolute atomic E-state index is 0.271. The molecule has 5 heteroatoms. The largest absolute Gasteiger partial charge is 0.363 e. The number of hydrogen-bond acceptors (Lipinski definition) is 4. The summed E-state index contributed by atoms with van der Waals surface area (Å²) < 4.78 is 12.8. The predicted octanol–water partition coefficient (Wildman–Crippen LogP) is 2.72. The molecule has 0 fully saturated rings. The summed E-state index contributed by atoms with van der Waals surface area (Å²) in [4.78, 5) is 0. The van der Waals surface area contributed by atoms with Crippen molar-refractivity contribution in [1.82, 2.24) is 10.2 Å². The number of nitriles is 1. The number of nitrogens with zero attached hydrogens (tertiary/aromatic N) is 3. The van der Waals surface area contributed by atoms with Gasteiger partial charge in [-0.2, -0.15) is 10.4 Å². The Morgan fingerprint density at radius 3 is 2.53 bits per heavy atom. The van der Waals surface area contributed by atoms with E-state index in [0.29, 0.717) is 17.9 Å². The van der Waals surface area contributed by atoms with Crippen LogP contribution in [0.5, 0.6) is 0 Å².